The first-order chi connectivity index (χ1) is 12.0. The highest BCUT2D eigenvalue weighted by Crippen LogP contribution is 2.31. The van der Waals surface area contributed by atoms with Gasteiger partial charge in [-0.2, -0.15) is 0 Å². The van der Waals surface area contributed by atoms with Crippen LogP contribution in [0.1, 0.15) is 44.7 Å². The summed E-state index contributed by atoms with van der Waals surface area (Å²) in [5.74, 6) is 0.0806. The van der Waals surface area contributed by atoms with Gasteiger partial charge < -0.3 is 5.32 Å². The van der Waals surface area contributed by atoms with E-state index in [9.17, 15) is 4.39 Å². The Bertz CT molecular complexity index is 780. The van der Waals surface area contributed by atoms with E-state index in [1.807, 2.05) is 6.07 Å². The topological polar surface area (TPSA) is 24.4 Å². The Labute approximate surface area is 154 Å². The molecule has 0 aromatic heterocycles. The van der Waals surface area contributed by atoms with Crippen molar-refractivity contribution in [2.24, 2.45) is 10.9 Å². The van der Waals surface area contributed by atoms with E-state index in [1.54, 1.807) is 12.1 Å². The van der Waals surface area contributed by atoms with E-state index in [0.717, 1.165) is 24.9 Å². The minimum atomic E-state index is -0.349. The Morgan fingerprint density at radius 3 is 2.84 bits per heavy atom. The van der Waals surface area contributed by atoms with Gasteiger partial charge in [-0.3, -0.25) is 4.99 Å². The van der Waals surface area contributed by atoms with Gasteiger partial charge in [-0.15, -0.1) is 0 Å². The number of nitrogens with zero attached hydrogens (tertiary/aromatic N) is 1. The summed E-state index contributed by atoms with van der Waals surface area (Å²) in [5, 5.41) is 3.51. The smallest absolute Gasteiger partial charge is 0.148 e. The first-order valence-corrected chi connectivity index (χ1v) is 9.29. The van der Waals surface area contributed by atoms with Crippen molar-refractivity contribution < 1.29 is 4.39 Å². The fourth-order valence-corrected chi connectivity index (χ4v) is 3.42. The van der Waals surface area contributed by atoms with Gasteiger partial charge in [0.15, 0.2) is 0 Å². The number of aliphatic imine (C=N–C) groups is 1. The monoisotopic (exact) mass is 358 g/mol. The lowest BCUT2D eigenvalue weighted by atomic mass is 9.91. The fraction of sp³-hybridized carbons (Fsp3) is 0.381. The highest BCUT2D eigenvalue weighted by molar-refractivity contribution is 6.33. The van der Waals surface area contributed by atoms with Crippen molar-refractivity contribution in [1.82, 2.24) is 0 Å². The Morgan fingerprint density at radius 1 is 1.32 bits per heavy atom. The summed E-state index contributed by atoms with van der Waals surface area (Å²) in [4.78, 5) is 4.95. The zero-order valence-corrected chi connectivity index (χ0v) is 15.7. The van der Waals surface area contributed by atoms with E-state index < -0.39 is 0 Å². The third-order valence-corrected chi connectivity index (χ3v) is 5.20. The van der Waals surface area contributed by atoms with E-state index >= 15 is 0 Å². The van der Waals surface area contributed by atoms with Crippen LogP contribution in [0, 0.1) is 11.7 Å². The summed E-state index contributed by atoms with van der Waals surface area (Å²) < 4.78 is 14.0. The molecule has 2 atom stereocenters. The van der Waals surface area contributed by atoms with Crippen LogP contribution in [0.3, 0.4) is 0 Å². The van der Waals surface area contributed by atoms with Gasteiger partial charge in [-0.1, -0.05) is 37.6 Å². The van der Waals surface area contributed by atoms with Gasteiger partial charge in [0.1, 0.15) is 5.82 Å². The molecule has 0 saturated carbocycles. The predicted octanol–water partition coefficient (Wildman–Crippen LogP) is 6.39. The Kier molecular flexibility index (Phi) is 5.43. The number of nitrogens with one attached hydrogen (secondary N) is 1. The van der Waals surface area contributed by atoms with Crippen molar-refractivity contribution in [3.8, 4) is 0 Å². The SMILES string of the molecule is CCC(C)C1=NC(C)CCc2cc(Nc3c(F)cccc3Cl)ccc21. The highest BCUT2D eigenvalue weighted by Gasteiger charge is 2.20. The van der Waals surface area contributed by atoms with Crippen LogP contribution in [0.2, 0.25) is 5.02 Å². The zero-order valence-electron chi connectivity index (χ0n) is 14.9. The van der Waals surface area contributed by atoms with Gasteiger partial charge in [0, 0.05) is 17.4 Å². The van der Waals surface area contributed by atoms with Crippen molar-refractivity contribution in [3.63, 3.8) is 0 Å². The van der Waals surface area contributed by atoms with E-state index in [2.05, 4.69) is 38.2 Å². The summed E-state index contributed by atoms with van der Waals surface area (Å²) in [6, 6.07) is 11.2. The molecule has 3 rings (SSSR count). The van der Waals surface area contributed by atoms with E-state index in [-0.39, 0.29) is 5.82 Å². The molecular weight excluding hydrogens is 335 g/mol. The number of halogens is 2. The van der Waals surface area contributed by atoms with Crippen LogP contribution in [0.25, 0.3) is 0 Å². The predicted molar refractivity (Wildman–Crippen MR) is 105 cm³/mol. The molecule has 4 heteroatoms. The van der Waals surface area contributed by atoms with Gasteiger partial charge in [0.2, 0.25) is 0 Å². The maximum Gasteiger partial charge on any atom is 0.148 e. The zero-order chi connectivity index (χ0) is 18.0. The maximum absolute atomic E-state index is 14.0. The summed E-state index contributed by atoms with van der Waals surface area (Å²) in [6.45, 7) is 6.59. The van der Waals surface area contributed by atoms with Crippen molar-refractivity contribution in [1.29, 1.82) is 0 Å². The fourth-order valence-electron chi connectivity index (χ4n) is 3.21. The first kappa shape index (κ1) is 17.9. The second-order valence-corrected chi connectivity index (χ2v) is 7.21. The highest BCUT2D eigenvalue weighted by atomic mass is 35.5. The maximum atomic E-state index is 14.0. The van der Waals surface area contributed by atoms with E-state index in [1.165, 1.54) is 22.9 Å². The number of hydrogen-bond acceptors (Lipinski definition) is 2. The molecule has 1 N–H and O–H groups in total. The average molecular weight is 359 g/mol. The molecule has 2 aromatic carbocycles. The molecule has 0 radical (unpaired) electrons. The second kappa shape index (κ2) is 7.57. The normalized spacial score (nSPS) is 18.1. The number of para-hydroxylation sites is 1. The van der Waals surface area contributed by atoms with Gasteiger partial charge in [-0.05, 0) is 67.5 Å². The number of benzene rings is 2. The minimum Gasteiger partial charge on any atom is -0.352 e. The molecule has 1 aliphatic heterocycles. The third-order valence-electron chi connectivity index (χ3n) is 4.88. The molecule has 1 aliphatic rings. The molecule has 0 fully saturated rings. The third kappa shape index (κ3) is 3.87. The largest absolute Gasteiger partial charge is 0.352 e. The molecule has 2 aromatic rings. The molecule has 2 nitrogen and oxygen atoms in total. The van der Waals surface area contributed by atoms with E-state index in [0.29, 0.717) is 22.7 Å². The number of aryl methyl sites for hydroxylation is 1. The second-order valence-electron chi connectivity index (χ2n) is 6.80. The van der Waals surface area contributed by atoms with Crippen molar-refractivity contribution in [2.45, 2.75) is 46.1 Å². The molecule has 0 spiro atoms. The van der Waals surface area contributed by atoms with E-state index in [4.69, 9.17) is 16.6 Å². The van der Waals surface area contributed by atoms with Crippen LogP contribution < -0.4 is 5.32 Å². The number of fused-ring (bicyclic) bond motifs is 1. The molecular formula is C21H24ClFN2. The molecule has 2 unspecified atom stereocenters. The van der Waals surface area contributed by atoms with Crippen LogP contribution in [0.4, 0.5) is 15.8 Å². The average Bonchev–Trinajstić information content (AvgIpc) is 2.76. The van der Waals surface area contributed by atoms with Crippen LogP contribution >= 0.6 is 11.6 Å². The molecule has 132 valence electrons. The van der Waals surface area contributed by atoms with Crippen LogP contribution in [0.5, 0.6) is 0 Å². The van der Waals surface area contributed by atoms with Crippen molar-refractivity contribution >= 4 is 28.7 Å². The summed E-state index contributed by atoms with van der Waals surface area (Å²) >= 11 is 6.13. The molecule has 0 amide bonds. The number of hydrogen-bond donors (Lipinski definition) is 1. The standard InChI is InChI=1S/C21H24ClFN2/c1-4-13(2)20-17-11-10-16(12-15(17)9-8-14(3)24-20)25-21-18(22)6-5-7-19(21)23/h5-7,10-14,25H,4,8-9H2,1-3H3. The Morgan fingerprint density at radius 2 is 2.12 bits per heavy atom. The molecule has 25 heavy (non-hydrogen) atoms. The molecule has 0 aliphatic carbocycles. The van der Waals surface area contributed by atoms with Gasteiger partial charge in [-0.25, -0.2) is 4.39 Å². The molecule has 0 saturated heterocycles. The summed E-state index contributed by atoms with van der Waals surface area (Å²) in [5.41, 5.74) is 4.86. The number of rotatable bonds is 4. The lowest BCUT2D eigenvalue weighted by Gasteiger charge is -2.17. The van der Waals surface area contributed by atoms with Crippen LogP contribution in [0.15, 0.2) is 41.4 Å². The lowest BCUT2D eigenvalue weighted by Crippen LogP contribution is -2.14. The minimum absolute atomic E-state index is 0.321. The van der Waals surface area contributed by atoms with Crippen LogP contribution in [-0.2, 0) is 6.42 Å². The van der Waals surface area contributed by atoms with Gasteiger partial charge >= 0.3 is 0 Å². The summed E-state index contributed by atoms with van der Waals surface area (Å²) in [7, 11) is 0. The first-order valence-electron chi connectivity index (χ1n) is 8.91. The lowest BCUT2D eigenvalue weighted by molar-refractivity contribution is 0.632. The van der Waals surface area contributed by atoms with Gasteiger partial charge in [0.05, 0.1) is 10.7 Å². The van der Waals surface area contributed by atoms with Gasteiger partial charge in [0.25, 0.3) is 0 Å². The summed E-state index contributed by atoms with van der Waals surface area (Å²) in [6.07, 6.45) is 3.06. The van der Waals surface area contributed by atoms with Crippen LogP contribution in [-0.4, -0.2) is 11.8 Å². The molecule has 0 bridgehead atoms. The Balaban J connectivity index is 1.96. The van der Waals surface area contributed by atoms with Crippen molar-refractivity contribution in [2.75, 3.05) is 5.32 Å². The Hall–Kier alpha value is -1.87. The van der Waals surface area contributed by atoms with Crippen molar-refractivity contribution in [3.05, 3.63) is 58.4 Å². The molecule has 1 heterocycles. The number of anilines is 2. The quantitative estimate of drug-likeness (QED) is 0.672.